The van der Waals surface area contributed by atoms with Crippen molar-refractivity contribution in [2.75, 3.05) is 0 Å². The second-order valence-corrected chi connectivity index (χ2v) is 7.57. The first-order chi connectivity index (χ1) is 14.2. The summed E-state index contributed by atoms with van der Waals surface area (Å²) in [5.41, 5.74) is 3.12. The molecule has 0 spiro atoms. The number of nitrogens with zero attached hydrogens (tertiary/aromatic N) is 4. The molecule has 5 rings (SSSR count). The van der Waals surface area contributed by atoms with E-state index in [4.69, 9.17) is 9.40 Å². The van der Waals surface area contributed by atoms with Gasteiger partial charge >= 0.3 is 0 Å². The van der Waals surface area contributed by atoms with Crippen molar-refractivity contribution in [3.8, 4) is 11.6 Å². The van der Waals surface area contributed by atoms with Crippen LogP contribution in [0, 0.1) is 6.92 Å². The van der Waals surface area contributed by atoms with Gasteiger partial charge < -0.3 is 4.42 Å². The molecule has 0 fully saturated rings. The molecule has 4 heterocycles. The van der Waals surface area contributed by atoms with Crippen molar-refractivity contribution in [3.63, 3.8) is 0 Å². The Kier molecular flexibility index (Phi) is 4.37. The SMILES string of the molecule is Cc1cccn2c(=O)cc(CSc3nc(-c4ccco4)nc4ccccc34)nc12. The number of pyridine rings is 1. The van der Waals surface area contributed by atoms with Gasteiger partial charge in [-0.25, -0.2) is 15.0 Å². The molecule has 5 aromatic rings. The summed E-state index contributed by atoms with van der Waals surface area (Å²) in [4.78, 5) is 26.5. The Morgan fingerprint density at radius 2 is 1.93 bits per heavy atom. The monoisotopic (exact) mass is 400 g/mol. The van der Waals surface area contributed by atoms with E-state index < -0.39 is 0 Å². The molecule has 0 saturated carbocycles. The predicted octanol–water partition coefficient (Wildman–Crippen LogP) is 4.50. The summed E-state index contributed by atoms with van der Waals surface area (Å²) in [6.07, 6.45) is 3.34. The van der Waals surface area contributed by atoms with E-state index in [-0.39, 0.29) is 5.56 Å². The van der Waals surface area contributed by atoms with E-state index in [1.54, 1.807) is 22.9 Å². The van der Waals surface area contributed by atoms with Gasteiger partial charge in [0.15, 0.2) is 11.6 Å². The molecule has 0 atom stereocenters. The number of para-hydroxylation sites is 1. The number of hydrogen-bond acceptors (Lipinski definition) is 6. The molecule has 0 radical (unpaired) electrons. The van der Waals surface area contributed by atoms with Gasteiger partial charge in [-0.05, 0) is 36.8 Å². The maximum Gasteiger partial charge on any atom is 0.258 e. The summed E-state index contributed by atoms with van der Waals surface area (Å²) >= 11 is 1.53. The maximum atomic E-state index is 12.5. The Bertz CT molecular complexity index is 1390. The number of hydrogen-bond donors (Lipinski definition) is 0. The summed E-state index contributed by atoms with van der Waals surface area (Å²) < 4.78 is 7.04. The molecule has 4 aromatic heterocycles. The van der Waals surface area contributed by atoms with Crippen LogP contribution in [0.1, 0.15) is 11.3 Å². The van der Waals surface area contributed by atoms with Crippen molar-refractivity contribution in [2.24, 2.45) is 0 Å². The number of fused-ring (bicyclic) bond motifs is 2. The molecule has 29 heavy (non-hydrogen) atoms. The first-order valence-electron chi connectivity index (χ1n) is 9.10. The maximum absolute atomic E-state index is 12.5. The third-order valence-corrected chi connectivity index (χ3v) is 5.63. The molecule has 0 aliphatic carbocycles. The minimum Gasteiger partial charge on any atom is -0.461 e. The van der Waals surface area contributed by atoms with E-state index in [2.05, 4.69) is 9.97 Å². The largest absolute Gasteiger partial charge is 0.461 e. The fraction of sp³-hybridized carbons (Fsp3) is 0.0909. The van der Waals surface area contributed by atoms with Crippen LogP contribution in [-0.4, -0.2) is 19.4 Å². The van der Waals surface area contributed by atoms with Crippen molar-refractivity contribution < 1.29 is 4.42 Å². The van der Waals surface area contributed by atoms with Crippen molar-refractivity contribution >= 4 is 28.3 Å². The van der Waals surface area contributed by atoms with Crippen LogP contribution in [-0.2, 0) is 5.75 Å². The standard InChI is InChI=1S/C22H16N4O2S/c1-14-6-4-10-26-19(27)12-15(23-21(14)26)13-29-22-16-7-2-3-8-17(16)24-20(25-22)18-9-5-11-28-18/h2-12H,13H2,1H3. The van der Waals surface area contributed by atoms with E-state index in [1.807, 2.05) is 55.5 Å². The third-order valence-electron chi connectivity index (χ3n) is 4.61. The molecule has 0 unspecified atom stereocenters. The fourth-order valence-electron chi connectivity index (χ4n) is 3.20. The van der Waals surface area contributed by atoms with Gasteiger partial charge in [-0.3, -0.25) is 9.20 Å². The van der Waals surface area contributed by atoms with Gasteiger partial charge in [-0.2, -0.15) is 0 Å². The van der Waals surface area contributed by atoms with E-state index in [1.165, 1.54) is 11.8 Å². The van der Waals surface area contributed by atoms with Gasteiger partial charge in [0.2, 0.25) is 0 Å². The number of aromatic nitrogens is 4. The lowest BCUT2D eigenvalue weighted by atomic mass is 10.2. The predicted molar refractivity (Wildman–Crippen MR) is 113 cm³/mol. The summed E-state index contributed by atoms with van der Waals surface area (Å²) in [7, 11) is 0. The second kappa shape index (κ2) is 7.18. The van der Waals surface area contributed by atoms with Gasteiger partial charge in [0.1, 0.15) is 10.7 Å². The van der Waals surface area contributed by atoms with Gasteiger partial charge in [0.25, 0.3) is 5.56 Å². The van der Waals surface area contributed by atoms with Crippen molar-refractivity contribution in [3.05, 3.63) is 88.7 Å². The zero-order valence-electron chi connectivity index (χ0n) is 15.6. The first-order valence-corrected chi connectivity index (χ1v) is 10.1. The minimum atomic E-state index is -0.0851. The van der Waals surface area contributed by atoms with Crippen LogP contribution in [0.15, 0.2) is 81.3 Å². The van der Waals surface area contributed by atoms with E-state index in [0.717, 1.165) is 27.2 Å². The zero-order valence-corrected chi connectivity index (χ0v) is 16.4. The summed E-state index contributed by atoms with van der Waals surface area (Å²) in [6, 6.07) is 16.9. The molecule has 0 saturated heterocycles. The Balaban J connectivity index is 1.55. The molecule has 7 heteroatoms. The quantitative estimate of drug-likeness (QED) is 0.327. The number of aryl methyl sites for hydroxylation is 1. The topological polar surface area (TPSA) is 73.3 Å². The van der Waals surface area contributed by atoms with Gasteiger partial charge in [0, 0.05) is 23.4 Å². The third kappa shape index (κ3) is 3.30. The summed E-state index contributed by atoms with van der Waals surface area (Å²) in [6.45, 7) is 1.95. The van der Waals surface area contributed by atoms with E-state index in [9.17, 15) is 4.79 Å². The van der Waals surface area contributed by atoms with Crippen molar-refractivity contribution in [1.29, 1.82) is 0 Å². The van der Waals surface area contributed by atoms with Gasteiger partial charge in [-0.15, -0.1) is 0 Å². The lowest BCUT2D eigenvalue weighted by molar-refractivity contribution is 0.577. The average molecular weight is 400 g/mol. The molecular formula is C22H16N4O2S. The molecule has 1 aromatic carbocycles. The van der Waals surface area contributed by atoms with E-state index >= 15 is 0 Å². The molecular weight excluding hydrogens is 384 g/mol. The Morgan fingerprint density at radius 3 is 2.79 bits per heavy atom. The second-order valence-electron chi connectivity index (χ2n) is 6.61. The first kappa shape index (κ1) is 17.6. The van der Waals surface area contributed by atoms with Crippen LogP contribution in [0.2, 0.25) is 0 Å². The lowest BCUT2D eigenvalue weighted by Crippen LogP contribution is -2.15. The Hall–Kier alpha value is -3.45. The van der Waals surface area contributed by atoms with Crippen LogP contribution in [0.4, 0.5) is 0 Å². The van der Waals surface area contributed by atoms with Gasteiger partial charge in [-0.1, -0.05) is 36.0 Å². The molecule has 0 N–H and O–H groups in total. The molecule has 0 bridgehead atoms. The highest BCUT2D eigenvalue weighted by atomic mass is 32.2. The highest BCUT2D eigenvalue weighted by molar-refractivity contribution is 7.98. The summed E-state index contributed by atoms with van der Waals surface area (Å²) in [5.74, 6) is 1.69. The molecule has 142 valence electrons. The summed E-state index contributed by atoms with van der Waals surface area (Å²) in [5, 5.41) is 1.79. The number of thioether (sulfide) groups is 1. The van der Waals surface area contributed by atoms with Crippen LogP contribution in [0.25, 0.3) is 28.1 Å². The Labute approximate surface area is 170 Å². The molecule has 0 aliphatic rings. The molecule has 0 amide bonds. The highest BCUT2D eigenvalue weighted by Gasteiger charge is 2.13. The van der Waals surface area contributed by atoms with Crippen molar-refractivity contribution in [1.82, 2.24) is 19.4 Å². The number of rotatable bonds is 4. The Morgan fingerprint density at radius 1 is 1.03 bits per heavy atom. The molecule has 6 nitrogen and oxygen atoms in total. The normalized spacial score (nSPS) is 11.3. The lowest BCUT2D eigenvalue weighted by Gasteiger charge is -2.08. The smallest absolute Gasteiger partial charge is 0.258 e. The van der Waals surface area contributed by atoms with Crippen LogP contribution in [0.3, 0.4) is 0 Å². The van der Waals surface area contributed by atoms with Crippen LogP contribution in [0.5, 0.6) is 0 Å². The van der Waals surface area contributed by atoms with Crippen LogP contribution < -0.4 is 5.56 Å². The zero-order chi connectivity index (χ0) is 19.8. The van der Waals surface area contributed by atoms with Crippen molar-refractivity contribution in [2.45, 2.75) is 17.7 Å². The molecule has 0 aliphatic heterocycles. The minimum absolute atomic E-state index is 0.0851. The van der Waals surface area contributed by atoms with Gasteiger partial charge in [0.05, 0.1) is 17.5 Å². The number of benzene rings is 1. The van der Waals surface area contributed by atoms with Crippen LogP contribution >= 0.6 is 11.8 Å². The average Bonchev–Trinajstić information content (AvgIpc) is 3.28. The highest BCUT2D eigenvalue weighted by Crippen LogP contribution is 2.30. The fourth-order valence-corrected chi connectivity index (χ4v) is 4.11. The van der Waals surface area contributed by atoms with E-state index in [0.29, 0.717) is 23.0 Å². The number of furan rings is 1.